The minimum Gasteiger partial charge on any atom is -0.496 e. The molecule has 5 nitrogen and oxygen atoms in total. The lowest BCUT2D eigenvalue weighted by Crippen LogP contribution is -2.24. The van der Waals surface area contributed by atoms with Crippen LogP contribution >= 0.6 is 0 Å². The summed E-state index contributed by atoms with van der Waals surface area (Å²) in [6.45, 7) is 4.35. The Balaban J connectivity index is 1.67. The average molecular weight is 350 g/mol. The van der Waals surface area contributed by atoms with Crippen molar-refractivity contribution >= 4 is 5.91 Å². The second-order valence-electron chi connectivity index (χ2n) is 6.16. The normalized spacial score (nSPS) is 10.6. The fourth-order valence-corrected chi connectivity index (χ4v) is 2.65. The first-order valence-corrected chi connectivity index (χ1v) is 8.48. The third-order valence-electron chi connectivity index (χ3n) is 4.17. The van der Waals surface area contributed by atoms with Gasteiger partial charge in [0.25, 0.3) is 0 Å². The third kappa shape index (κ3) is 4.11. The van der Waals surface area contributed by atoms with Crippen molar-refractivity contribution in [2.24, 2.45) is 0 Å². The quantitative estimate of drug-likeness (QED) is 0.734. The molecule has 0 aliphatic heterocycles. The summed E-state index contributed by atoms with van der Waals surface area (Å²) >= 11 is 0. The molecular formula is C21H22N2O3. The zero-order valence-electron chi connectivity index (χ0n) is 15.2. The molecule has 0 saturated heterocycles. The Morgan fingerprint density at radius 3 is 2.58 bits per heavy atom. The van der Waals surface area contributed by atoms with Crippen LogP contribution < -0.4 is 10.1 Å². The van der Waals surface area contributed by atoms with Crippen molar-refractivity contribution in [3.8, 4) is 17.2 Å². The van der Waals surface area contributed by atoms with Crippen LogP contribution in [0.25, 0.3) is 11.5 Å². The lowest BCUT2D eigenvalue weighted by molar-refractivity contribution is -0.120. The minimum atomic E-state index is -0.0893. The standard InChI is InChI=1S/C21H22N2O3/c1-14-8-10-16(11-9-14)13-22-20(24)12-18-15(2)26-21(23-18)17-6-4-5-7-19(17)25-3/h4-11H,12-13H2,1-3H3,(H,22,24). The van der Waals surface area contributed by atoms with E-state index >= 15 is 0 Å². The van der Waals surface area contributed by atoms with Crippen LogP contribution in [0.4, 0.5) is 0 Å². The third-order valence-corrected chi connectivity index (χ3v) is 4.17. The maximum absolute atomic E-state index is 12.3. The van der Waals surface area contributed by atoms with Gasteiger partial charge in [0, 0.05) is 6.54 Å². The highest BCUT2D eigenvalue weighted by Gasteiger charge is 2.17. The van der Waals surface area contributed by atoms with Gasteiger partial charge in [0.15, 0.2) is 0 Å². The van der Waals surface area contributed by atoms with Gasteiger partial charge < -0.3 is 14.5 Å². The number of carbonyl (C=O) groups excluding carboxylic acids is 1. The Morgan fingerprint density at radius 2 is 1.85 bits per heavy atom. The Bertz CT molecular complexity index is 898. The van der Waals surface area contributed by atoms with Crippen molar-refractivity contribution in [3.63, 3.8) is 0 Å². The largest absolute Gasteiger partial charge is 0.496 e. The summed E-state index contributed by atoms with van der Waals surface area (Å²) in [5, 5.41) is 2.92. The van der Waals surface area contributed by atoms with E-state index in [1.165, 1.54) is 5.56 Å². The average Bonchev–Trinajstić information content (AvgIpc) is 3.01. The van der Waals surface area contributed by atoms with Gasteiger partial charge in [0.05, 0.1) is 24.8 Å². The molecule has 2 aromatic carbocycles. The van der Waals surface area contributed by atoms with E-state index in [1.807, 2.05) is 62.4 Å². The van der Waals surface area contributed by atoms with Gasteiger partial charge in [-0.15, -0.1) is 0 Å². The molecule has 0 radical (unpaired) electrons. The molecule has 0 bridgehead atoms. The van der Waals surface area contributed by atoms with E-state index in [1.54, 1.807) is 7.11 Å². The summed E-state index contributed by atoms with van der Waals surface area (Å²) < 4.78 is 11.1. The van der Waals surface area contributed by atoms with Crippen molar-refractivity contribution in [1.82, 2.24) is 10.3 Å². The number of methoxy groups -OCH3 is 1. The molecule has 3 rings (SSSR count). The Kier molecular flexibility index (Phi) is 5.37. The Hall–Kier alpha value is -3.08. The van der Waals surface area contributed by atoms with E-state index in [0.717, 1.165) is 11.1 Å². The smallest absolute Gasteiger partial charge is 0.230 e. The number of hydrogen-bond donors (Lipinski definition) is 1. The molecule has 134 valence electrons. The van der Waals surface area contributed by atoms with E-state index in [-0.39, 0.29) is 12.3 Å². The van der Waals surface area contributed by atoms with Gasteiger partial charge in [0.2, 0.25) is 11.8 Å². The van der Waals surface area contributed by atoms with Crippen molar-refractivity contribution in [2.75, 3.05) is 7.11 Å². The number of benzene rings is 2. The molecule has 0 spiro atoms. The second kappa shape index (κ2) is 7.87. The molecule has 0 atom stereocenters. The van der Waals surface area contributed by atoms with Crippen LogP contribution in [-0.2, 0) is 17.8 Å². The molecule has 5 heteroatoms. The predicted octanol–water partition coefficient (Wildman–Crippen LogP) is 3.83. The number of nitrogens with zero attached hydrogens (tertiary/aromatic N) is 1. The van der Waals surface area contributed by atoms with Crippen LogP contribution in [0.3, 0.4) is 0 Å². The molecule has 1 aromatic heterocycles. The number of aromatic nitrogens is 1. The SMILES string of the molecule is COc1ccccc1-c1nc(CC(=O)NCc2ccc(C)cc2)c(C)o1. The number of rotatable bonds is 6. The molecule has 1 N–H and O–H groups in total. The summed E-state index contributed by atoms with van der Waals surface area (Å²) in [6, 6.07) is 15.6. The number of amides is 1. The number of hydrogen-bond acceptors (Lipinski definition) is 4. The highest BCUT2D eigenvalue weighted by Crippen LogP contribution is 2.30. The number of oxazole rings is 1. The van der Waals surface area contributed by atoms with Crippen LogP contribution in [0, 0.1) is 13.8 Å². The monoisotopic (exact) mass is 350 g/mol. The van der Waals surface area contributed by atoms with E-state index in [2.05, 4.69) is 10.3 Å². The minimum absolute atomic E-state index is 0.0893. The highest BCUT2D eigenvalue weighted by atomic mass is 16.5. The fraction of sp³-hybridized carbons (Fsp3) is 0.238. The number of nitrogens with one attached hydrogen (secondary N) is 1. The molecule has 3 aromatic rings. The van der Waals surface area contributed by atoms with Crippen LogP contribution in [-0.4, -0.2) is 18.0 Å². The van der Waals surface area contributed by atoms with Crippen molar-refractivity contribution in [2.45, 2.75) is 26.8 Å². The molecule has 0 unspecified atom stereocenters. The first-order chi connectivity index (χ1) is 12.6. The van der Waals surface area contributed by atoms with Gasteiger partial charge in [-0.05, 0) is 31.5 Å². The van der Waals surface area contributed by atoms with Crippen molar-refractivity contribution in [1.29, 1.82) is 0 Å². The summed E-state index contributed by atoms with van der Waals surface area (Å²) in [5.41, 5.74) is 3.66. The van der Waals surface area contributed by atoms with Crippen molar-refractivity contribution < 1.29 is 13.9 Å². The van der Waals surface area contributed by atoms with Gasteiger partial charge in [-0.3, -0.25) is 4.79 Å². The molecule has 1 amide bonds. The number of carbonyl (C=O) groups is 1. The topological polar surface area (TPSA) is 64.4 Å². The van der Waals surface area contributed by atoms with Gasteiger partial charge in [-0.1, -0.05) is 42.0 Å². The van der Waals surface area contributed by atoms with Crippen molar-refractivity contribution in [3.05, 3.63) is 71.1 Å². The number of ether oxygens (including phenoxy) is 1. The molecular weight excluding hydrogens is 328 g/mol. The van der Waals surface area contributed by atoms with Gasteiger partial charge >= 0.3 is 0 Å². The number of para-hydroxylation sites is 1. The highest BCUT2D eigenvalue weighted by molar-refractivity contribution is 5.78. The first-order valence-electron chi connectivity index (χ1n) is 8.48. The van der Waals surface area contributed by atoms with Gasteiger partial charge in [0.1, 0.15) is 11.5 Å². The maximum atomic E-state index is 12.3. The van der Waals surface area contributed by atoms with Gasteiger partial charge in [-0.2, -0.15) is 0 Å². The second-order valence-corrected chi connectivity index (χ2v) is 6.16. The van der Waals surface area contributed by atoms with Crippen LogP contribution in [0.2, 0.25) is 0 Å². The zero-order chi connectivity index (χ0) is 18.5. The van der Waals surface area contributed by atoms with Crippen LogP contribution in [0.15, 0.2) is 52.9 Å². The Labute approximate surface area is 153 Å². The lowest BCUT2D eigenvalue weighted by atomic mass is 10.1. The van der Waals surface area contributed by atoms with Gasteiger partial charge in [-0.25, -0.2) is 4.98 Å². The lowest BCUT2D eigenvalue weighted by Gasteiger charge is -2.05. The predicted molar refractivity (Wildman–Crippen MR) is 100.0 cm³/mol. The Morgan fingerprint density at radius 1 is 1.12 bits per heavy atom. The first kappa shape index (κ1) is 17.7. The molecule has 26 heavy (non-hydrogen) atoms. The fourth-order valence-electron chi connectivity index (χ4n) is 2.65. The molecule has 0 aliphatic rings. The summed E-state index contributed by atoms with van der Waals surface area (Å²) in [6.07, 6.45) is 0.177. The molecule has 0 aliphatic carbocycles. The van der Waals surface area contributed by atoms with Crippen LogP contribution in [0.1, 0.15) is 22.6 Å². The maximum Gasteiger partial charge on any atom is 0.230 e. The summed E-state index contributed by atoms with van der Waals surface area (Å²) in [5.74, 6) is 1.69. The summed E-state index contributed by atoms with van der Waals surface area (Å²) in [7, 11) is 1.61. The zero-order valence-corrected chi connectivity index (χ0v) is 15.2. The van der Waals surface area contributed by atoms with Crippen LogP contribution in [0.5, 0.6) is 5.75 Å². The van der Waals surface area contributed by atoms with E-state index in [9.17, 15) is 4.79 Å². The molecule has 1 heterocycles. The molecule has 0 saturated carbocycles. The number of aryl methyl sites for hydroxylation is 2. The summed E-state index contributed by atoms with van der Waals surface area (Å²) in [4.78, 5) is 16.7. The molecule has 0 fully saturated rings. The van der Waals surface area contributed by atoms with E-state index in [0.29, 0.717) is 29.6 Å². The van der Waals surface area contributed by atoms with E-state index < -0.39 is 0 Å². The van der Waals surface area contributed by atoms with E-state index in [4.69, 9.17) is 9.15 Å².